The van der Waals surface area contributed by atoms with Crippen LogP contribution in [-0.4, -0.2) is 12.3 Å². The Kier molecular flexibility index (Phi) is 4.74. The van der Waals surface area contributed by atoms with Gasteiger partial charge < -0.3 is 4.74 Å². The van der Waals surface area contributed by atoms with Gasteiger partial charge in [0.05, 0.1) is 18.0 Å². The molecule has 3 rings (SSSR count). The minimum Gasteiger partial charge on any atom is -0.490 e. The molecule has 0 saturated heterocycles. The number of benzene rings is 2. The van der Waals surface area contributed by atoms with Crippen LogP contribution in [0.4, 0.5) is 5.69 Å². The summed E-state index contributed by atoms with van der Waals surface area (Å²) in [7, 11) is 0. The Balaban J connectivity index is 1.53. The first-order valence-corrected chi connectivity index (χ1v) is 7.92. The van der Waals surface area contributed by atoms with Gasteiger partial charge in [-0.3, -0.25) is 5.43 Å². The minimum absolute atomic E-state index is 0.405. The summed E-state index contributed by atoms with van der Waals surface area (Å²) in [5.41, 5.74) is 6.32. The molecule has 2 aromatic carbocycles. The summed E-state index contributed by atoms with van der Waals surface area (Å²) < 4.78 is 5.96. The van der Waals surface area contributed by atoms with Gasteiger partial charge in [0.15, 0.2) is 0 Å². The Bertz CT molecular complexity index is 611. The molecule has 0 unspecified atom stereocenters. The number of nitrogens with one attached hydrogen (secondary N) is 1. The van der Waals surface area contributed by atoms with Crippen LogP contribution >= 0.6 is 0 Å². The molecular formula is C19H22N2O. The van der Waals surface area contributed by atoms with Crippen LogP contribution in [0.15, 0.2) is 53.6 Å². The van der Waals surface area contributed by atoms with E-state index < -0.39 is 0 Å². The van der Waals surface area contributed by atoms with E-state index in [4.69, 9.17) is 4.74 Å². The standard InChI is InChI=1S/C19H22N2O/c1-15-6-10-17(11-7-15)21-20-14-16-8-12-19(13-9-16)22-18-4-2-3-5-18/h6-14,18,21H,2-5H2,1H3. The molecule has 1 fully saturated rings. The molecule has 0 atom stereocenters. The average Bonchev–Trinajstić information content (AvgIpc) is 3.04. The molecule has 0 spiro atoms. The molecule has 1 N–H and O–H groups in total. The van der Waals surface area contributed by atoms with Crippen molar-refractivity contribution in [3.8, 4) is 5.75 Å². The Morgan fingerprint density at radius 3 is 2.36 bits per heavy atom. The lowest BCUT2D eigenvalue weighted by atomic mass is 10.2. The zero-order chi connectivity index (χ0) is 15.2. The molecule has 0 heterocycles. The van der Waals surface area contributed by atoms with E-state index in [1.54, 1.807) is 0 Å². The second-order valence-electron chi connectivity index (χ2n) is 5.83. The fourth-order valence-electron chi connectivity index (χ4n) is 2.64. The Labute approximate surface area is 132 Å². The van der Waals surface area contributed by atoms with Crippen LogP contribution in [0.2, 0.25) is 0 Å². The third-order valence-corrected chi connectivity index (χ3v) is 3.94. The summed E-state index contributed by atoms with van der Waals surface area (Å²) in [6.45, 7) is 2.07. The van der Waals surface area contributed by atoms with Crippen LogP contribution in [0.3, 0.4) is 0 Å². The average molecular weight is 294 g/mol. The van der Waals surface area contributed by atoms with Crippen molar-refractivity contribution >= 4 is 11.9 Å². The lowest BCUT2D eigenvalue weighted by Crippen LogP contribution is -2.10. The van der Waals surface area contributed by atoms with Gasteiger partial charge in [0, 0.05) is 0 Å². The predicted octanol–water partition coefficient (Wildman–Crippen LogP) is 4.76. The van der Waals surface area contributed by atoms with Gasteiger partial charge in [-0.2, -0.15) is 5.10 Å². The van der Waals surface area contributed by atoms with Crippen LogP contribution in [0.25, 0.3) is 0 Å². The van der Waals surface area contributed by atoms with Gasteiger partial charge in [0.1, 0.15) is 5.75 Å². The van der Waals surface area contributed by atoms with E-state index in [1.807, 2.05) is 42.6 Å². The molecule has 2 aromatic rings. The van der Waals surface area contributed by atoms with Gasteiger partial charge in [-0.25, -0.2) is 0 Å². The number of rotatable bonds is 5. The van der Waals surface area contributed by atoms with E-state index in [2.05, 4.69) is 29.6 Å². The number of hydrogen-bond acceptors (Lipinski definition) is 3. The number of ether oxygens (including phenoxy) is 1. The Morgan fingerprint density at radius 1 is 1.00 bits per heavy atom. The van der Waals surface area contributed by atoms with E-state index in [9.17, 15) is 0 Å². The number of hydrazone groups is 1. The van der Waals surface area contributed by atoms with E-state index >= 15 is 0 Å². The summed E-state index contributed by atoms with van der Waals surface area (Å²) in [5.74, 6) is 0.954. The zero-order valence-corrected chi connectivity index (χ0v) is 13.0. The van der Waals surface area contributed by atoms with Gasteiger partial charge in [0.25, 0.3) is 0 Å². The SMILES string of the molecule is Cc1ccc(NN=Cc2ccc(OC3CCCC3)cc2)cc1. The molecule has 0 bridgehead atoms. The van der Waals surface area contributed by atoms with Crippen molar-refractivity contribution in [3.05, 3.63) is 59.7 Å². The van der Waals surface area contributed by atoms with E-state index in [0.717, 1.165) is 17.0 Å². The van der Waals surface area contributed by atoms with Crippen LogP contribution < -0.4 is 10.2 Å². The maximum Gasteiger partial charge on any atom is 0.119 e. The van der Waals surface area contributed by atoms with Crippen molar-refractivity contribution in [3.63, 3.8) is 0 Å². The first-order valence-electron chi connectivity index (χ1n) is 7.92. The third-order valence-electron chi connectivity index (χ3n) is 3.94. The molecule has 0 aliphatic heterocycles. The van der Waals surface area contributed by atoms with Crippen molar-refractivity contribution in [1.29, 1.82) is 0 Å². The lowest BCUT2D eigenvalue weighted by Gasteiger charge is -2.12. The van der Waals surface area contributed by atoms with Crippen LogP contribution in [0.1, 0.15) is 36.8 Å². The van der Waals surface area contributed by atoms with Gasteiger partial charge in [-0.1, -0.05) is 17.7 Å². The van der Waals surface area contributed by atoms with E-state index in [-0.39, 0.29) is 0 Å². The molecular weight excluding hydrogens is 272 g/mol. The largest absolute Gasteiger partial charge is 0.490 e. The van der Waals surface area contributed by atoms with Gasteiger partial charge in [-0.15, -0.1) is 0 Å². The molecule has 0 amide bonds. The van der Waals surface area contributed by atoms with Crippen molar-refractivity contribution < 1.29 is 4.74 Å². The molecule has 1 aliphatic carbocycles. The van der Waals surface area contributed by atoms with Crippen LogP contribution in [-0.2, 0) is 0 Å². The highest BCUT2D eigenvalue weighted by atomic mass is 16.5. The minimum atomic E-state index is 0.405. The summed E-state index contributed by atoms with van der Waals surface area (Å²) in [6.07, 6.45) is 7.18. The number of aryl methyl sites for hydroxylation is 1. The zero-order valence-electron chi connectivity index (χ0n) is 13.0. The summed E-state index contributed by atoms with van der Waals surface area (Å²) in [6, 6.07) is 16.3. The Hall–Kier alpha value is -2.29. The fourth-order valence-corrected chi connectivity index (χ4v) is 2.64. The van der Waals surface area contributed by atoms with Gasteiger partial charge in [0.2, 0.25) is 0 Å². The molecule has 22 heavy (non-hydrogen) atoms. The number of nitrogens with zero attached hydrogens (tertiary/aromatic N) is 1. The maximum absolute atomic E-state index is 5.96. The second kappa shape index (κ2) is 7.12. The van der Waals surface area contributed by atoms with Gasteiger partial charge in [-0.05, 0) is 74.6 Å². The normalized spacial score (nSPS) is 15.3. The molecule has 1 saturated carbocycles. The highest BCUT2D eigenvalue weighted by Crippen LogP contribution is 2.24. The van der Waals surface area contributed by atoms with Crippen molar-refractivity contribution in [2.75, 3.05) is 5.43 Å². The first-order chi connectivity index (χ1) is 10.8. The predicted molar refractivity (Wildman–Crippen MR) is 91.7 cm³/mol. The van der Waals surface area contributed by atoms with Crippen molar-refractivity contribution in [2.24, 2.45) is 5.10 Å². The third kappa shape index (κ3) is 4.10. The lowest BCUT2D eigenvalue weighted by molar-refractivity contribution is 0.210. The molecule has 0 aromatic heterocycles. The molecule has 3 nitrogen and oxygen atoms in total. The number of hydrogen-bond donors (Lipinski definition) is 1. The second-order valence-corrected chi connectivity index (χ2v) is 5.83. The molecule has 3 heteroatoms. The molecule has 0 radical (unpaired) electrons. The smallest absolute Gasteiger partial charge is 0.119 e. The summed E-state index contributed by atoms with van der Waals surface area (Å²) >= 11 is 0. The quantitative estimate of drug-likeness (QED) is 0.637. The summed E-state index contributed by atoms with van der Waals surface area (Å²) in [5, 5.41) is 4.26. The van der Waals surface area contributed by atoms with Crippen LogP contribution in [0, 0.1) is 6.92 Å². The highest BCUT2D eigenvalue weighted by molar-refractivity contribution is 5.80. The van der Waals surface area contributed by atoms with Crippen LogP contribution in [0.5, 0.6) is 5.75 Å². The Morgan fingerprint density at radius 2 is 1.68 bits per heavy atom. The first kappa shape index (κ1) is 14.6. The molecule has 1 aliphatic rings. The van der Waals surface area contributed by atoms with E-state index in [1.165, 1.54) is 31.2 Å². The monoisotopic (exact) mass is 294 g/mol. The topological polar surface area (TPSA) is 33.6 Å². The van der Waals surface area contributed by atoms with Crippen molar-refractivity contribution in [1.82, 2.24) is 0 Å². The fraction of sp³-hybridized carbons (Fsp3) is 0.316. The highest BCUT2D eigenvalue weighted by Gasteiger charge is 2.16. The van der Waals surface area contributed by atoms with E-state index in [0.29, 0.717) is 6.10 Å². The van der Waals surface area contributed by atoms with Crippen molar-refractivity contribution in [2.45, 2.75) is 38.7 Å². The summed E-state index contributed by atoms with van der Waals surface area (Å²) in [4.78, 5) is 0. The molecule has 114 valence electrons. The number of anilines is 1. The maximum atomic E-state index is 5.96. The van der Waals surface area contributed by atoms with Gasteiger partial charge >= 0.3 is 0 Å².